The van der Waals surface area contributed by atoms with E-state index >= 15 is 0 Å². The summed E-state index contributed by atoms with van der Waals surface area (Å²) in [6.45, 7) is 2.83. The Hall–Kier alpha value is -4.09. The third-order valence-corrected chi connectivity index (χ3v) is 8.28. The molecule has 0 aliphatic carbocycles. The van der Waals surface area contributed by atoms with Crippen LogP contribution < -0.4 is 14.4 Å². The van der Waals surface area contributed by atoms with Crippen molar-refractivity contribution < 1.29 is 28.6 Å². The van der Waals surface area contributed by atoms with Crippen molar-refractivity contribution in [1.29, 1.82) is 0 Å². The first-order valence-corrected chi connectivity index (χ1v) is 13.6. The molecule has 0 radical (unpaired) electrons. The molecule has 1 saturated heterocycles. The van der Waals surface area contributed by atoms with E-state index < -0.39 is 17.7 Å². The molecule has 0 saturated carbocycles. The fourth-order valence-corrected chi connectivity index (χ4v) is 6.10. The summed E-state index contributed by atoms with van der Waals surface area (Å²) >= 11 is 2.69. The number of carbonyl (C=O) groups excluding carboxylic acids is 2. The number of aromatic nitrogens is 2. The highest BCUT2D eigenvalue weighted by molar-refractivity contribution is 8.00. The molecule has 4 heterocycles. The number of aryl methyl sites for hydroxylation is 1. The number of furan rings is 1. The van der Waals surface area contributed by atoms with Gasteiger partial charge in [0.25, 0.3) is 5.78 Å². The molecule has 11 heteroatoms. The molecule has 192 valence electrons. The number of aliphatic hydroxyl groups excluding tert-OH is 1. The number of aliphatic hydroxyl groups is 1. The van der Waals surface area contributed by atoms with Crippen molar-refractivity contribution in [2.24, 2.45) is 0 Å². The van der Waals surface area contributed by atoms with Gasteiger partial charge in [0.2, 0.25) is 5.13 Å². The quantitative estimate of drug-likeness (QED) is 0.115. The Kier molecular flexibility index (Phi) is 6.38. The van der Waals surface area contributed by atoms with Crippen molar-refractivity contribution in [3.8, 4) is 11.5 Å². The van der Waals surface area contributed by atoms with E-state index in [9.17, 15) is 14.7 Å². The van der Waals surface area contributed by atoms with Crippen LogP contribution in [0.15, 0.2) is 75.2 Å². The number of rotatable bonds is 6. The van der Waals surface area contributed by atoms with E-state index in [-0.39, 0.29) is 16.5 Å². The van der Waals surface area contributed by atoms with Crippen LogP contribution in [-0.2, 0) is 15.3 Å². The predicted octanol–water partition coefficient (Wildman–Crippen LogP) is 5.13. The Labute approximate surface area is 225 Å². The summed E-state index contributed by atoms with van der Waals surface area (Å²) in [5.74, 6) is -0.0298. The van der Waals surface area contributed by atoms with E-state index in [1.54, 1.807) is 30.3 Å². The number of hydrogen-bond donors (Lipinski definition) is 1. The Morgan fingerprint density at radius 2 is 1.87 bits per heavy atom. The normalized spacial score (nSPS) is 18.2. The van der Waals surface area contributed by atoms with E-state index in [1.165, 1.54) is 39.8 Å². The van der Waals surface area contributed by atoms with Gasteiger partial charge in [-0.15, -0.1) is 10.2 Å². The Morgan fingerprint density at radius 1 is 1.08 bits per heavy atom. The number of benzene rings is 2. The third-order valence-electron chi connectivity index (χ3n) is 6.16. The van der Waals surface area contributed by atoms with Gasteiger partial charge in [0.15, 0.2) is 15.8 Å². The minimum absolute atomic E-state index is 0.106. The Balaban J connectivity index is 1.35. The number of hydrogen-bond acceptors (Lipinski definition) is 10. The molecule has 2 aliphatic heterocycles. The zero-order valence-corrected chi connectivity index (χ0v) is 21.8. The van der Waals surface area contributed by atoms with Gasteiger partial charge in [-0.1, -0.05) is 52.9 Å². The van der Waals surface area contributed by atoms with Gasteiger partial charge in [-0.25, -0.2) is 0 Å². The monoisotopic (exact) mass is 547 g/mol. The number of carbonyl (C=O) groups is 2. The summed E-state index contributed by atoms with van der Waals surface area (Å²) in [6, 6.07) is 15.3. The molecule has 9 nitrogen and oxygen atoms in total. The second kappa shape index (κ2) is 9.99. The molecule has 0 bridgehead atoms. The van der Waals surface area contributed by atoms with Gasteiger partial charge in [-0.3, -0.25) is 14.5 Å². The fourth-order valence-electron chi connectivity index (χ4n) is 4.28. The van der Waals surface area contributed by atoms with E-state index in [2.05, 4.69) is 22.3 Å². The number of nitrogens with zero attached hydrogens (tertiary/aromatic N) is 3. The lowest BCUT2D eigenvalue weighted by molar-refractivity contribution is -0.132. The largest absolute Gasteiger partial charge is 0.507 e. The van der Waals surface area contributed by atoms with Gasteiger partial charge in [-0.05, 0) is 42.8 Å². The van der Waals surface area contributed by atoms with E-state index in [4.69, 9.17) is 13.9 Å². The molecule has 1 amide bonds. The standard InChI is InChI=1S/C27H21N3O6S2/c1-15-4-6-16(7-5-15)14-37-27-29-28-26(38-27)30-22(19-3-2-10-34-19)21(24(32)25(30)33)23(31)17-8-9-18-20(13-17)36-12-11-35-18/h2-10,13,22,31H,11-12,14H2,1H3/b23-21+. The number of amides is 1. The number of Topliss-reactive ketones (excluding diaryl/α,β-unsaturated/α-hetero) is 1. The maximum atomic E-state index is 13.3. The second-order valence-corrected chi connectivity index (χ2v) is 10.8. The topological polar surface area (TPSA) is 115 Å². The van der Waals surface area contributed by atoms with Gasteiger partial charge in [0, 0.05) is 11.3 Å². The highest BCUT2D eigenvalue weighted by Gasteiger charge is 2.49. The first kappa shape index (κ1) is 24.3. The van der Waals surface area contributed by atoms with E-state index in [0.717, 1.165) is 5.56 Å². The molecule has 38 heavy (non-hydrogen) atoms. The summed E-state index contributed by atoms with van der Waals surface area (Å²) in [7, 11) is 0. The van der Waals surface area contributed by atoms with E-state index in [0.29, 0.717) is 46.1 Å². The van der Waals surface area contributed by atoms with Gasteiger partial charge in [0.1, 0.15) is 30.8 Å². The third kappa shape index (κ3) is 4.44. The van der Waals surface area contributed by atoms with Crippen molar-refractivity contribution in [3.05, 3.63) is 88.9 Å². The number of ketones is 1. The van der Waals surface area contributed by atoms with Crippen LogP contribution in [0.3, 0.4) is 0 Å². The molecule has 2 aromatic carbocycles. The molecule has 6 rings (SSSR count). The van der Waals surface area contributed by atoms with E-state index in [1.807, 2.05) is 19.1 Å². The first-order valence-electron chi connectivity index (χ1n) is 11.8. The number of anilines is 1. The lowest BCUT2D eigenvalue weighted by atomic mass is 9.99. The smallest absolute Gasteiger partial charge is 0.302 e. The van der Waals surface area contributed by atoms with Crippen LogP contribution in [0, 0.1) is 6.92 Å². The molecular weight excluding hydrogens is 526 g/mol. The SMILES string of the molecule is Cc1ccc(CSc2nnc(N3C(=O)C(=O)/C(=C(/O)c4ccc5c(c4)OCCO5)C3c3ccco3)s2)cc1. The highest BCUT2D eigenvalue weighted by atomic mass is 32.2. The minimum atomic E-state index is -1.01. The maximum absolute atomic E-state index is 13.3. The Morgan fingerprint density at radius 3 is 2.63 bits per heavy atom. The molecular formula is C27H21N3O6S2. The van der Waals surface area contributed by atoms with Crippen molar-refractivity contribution >= 4 is 45.7 Å². The molecule has 4 aromatic rings. The number of ether oxygens (including phenoxy) is 2. The molecule has 1 N–H and O–H groups in total. The van der Waals surface area contributed by atoms with Gasteiger partial charge < -0.3 is 19.0 Å². The van der Waals surface area contributed by atoms with Crippen molar-refractivity contribution in [2.45, 2.75) is 23.1 Å². The summed E-state index contributed by atoms with van der Waals surface area (Å²) < 4.78 is 17.4. The van der Waals surface area contributed by atoms with Gasteiger partial charge in [0.05, 0.1) is 11.8 Å². The van der Waals surface area contributed by atoms with Crippen LogP contribution in [0.1, 0.15) is 28.5 Å². The molecule has 0 spiro atoms. The zero-order valence-electron chi connectivity index (χ0n) is 20.1. The molecule has 2 aliphatic rings. The molecule has 2 aromatic heterocycles. The first-order chi connectivity index (χ1) is 18.5. The lowest BCUT2D eigenvalue weighted by Gasteiger charge is -2.21. The van der Waals surface area contributed by atoms with Crippen molar-refractivity contribution in [1.82, 2.24) is 10.2 Å². The highest BCUT2D eigenvalue weighted by Crippen LogP contribution is 2.45. The zero-order chi connectivity index (χ0) is 26.2. The molecule has 1 fully saturated rings. The average Bonchev–Trinajstić information content (AvgIpc) is 3.68. The number of thioether (sulfide) groups is 1. The van der Waals surface area contributed by atoms with Crippen LogP contribution in [0.5, 0.6) is 11.5 Å². The van der Waals surface area contributed by atoms with Crippen molar-refractivity contribution in [2.75, 3.05) is 18.1 Å². The maximum Gasteiger partial charge on any atom is 0.302 e. The minimum Gasteiger partial charge on any atom is -0.507 e. The van der Waals surface area contributed by atoms with Crippen LogP contribution in [-0.4, -0.2) is 40.2 Å². The van der Waals surface area contributed by atoms with Crippen LogP contribution in [0.25, 0.3) is 5.76 Å². The lowest BCUT2D eigenvalue weighted by Crippen LogP contribution is -2.29. The second-order valence-electron chi connectivity index (χ2n) is 8.67. The van der Waals surface area contributed by atoms with Gasteiger partial charge >= 0.3 is 5.91 Å². The van der Waals surface area contributed by atoms with Crippen molar-refractivity contribution in [3.63, 3.8) is 0 Å². The molecule has 1 unspecified atom stereocenters. The summed E-state index contributed by atoms with van der Waals surface area (Å²) in [4.78, 5) is 27.8. The van der Waals surface area contributed by atoms with Crippen LogP contribution in [0.2, 0.25) is 0 Å². The average molecular weight is 548 g/mol. The van der Waals surface area contributed by atoms with Gasteiger partial charge in [-0.2, -0.15) is 0 Å². The molecule has 1 atom stereocenters. The summed E-state index contributed by atoms with van der Waals surface area (Å²) in [6.07, 6.45) is 1.45. The predicted molar refractivity (Wildman–Crippen MR) is 142 cm³/mol. The van der Waals surface area contributed by atoms with Crippen LogP contribution in [0.4, 0.5) is 5.13 Å². The van der Waals surface area contributed by atoms with Crippen LogP contribution >= 0.6 is 23.1 Å². The summed E-state index contributed by atoms with van der Waals surface area (Å²) in [5.41, 5.74) is 2.52. The fraction of sp³-hybridized carbons (Fsp3) is 0.185. The Bertz CT molecular complexity index is 1550. The number of fused-ring (bicyclic) bond motifs is 1. The summed E-state index contributed by atoms with van der Waals surface area (Å²) in [5, 5.41) is 20.0.